The molecule has 37 heavy (non-hydrogen) atoms. The maximum atomic E-state index is 13.2. The number of nitrogens with zero attached hydrogens (tertiary/aromatic N) is 1. The topological polar surface area (TPSA) is 133 Å². The first kappa shape index (κ1) is 23.0. The van der Waals surface area contributed by atoms with Crippen molar-refractivity contribution in [2.75, 3.05) is 34.7 Å². The Morgan fingerprint density at radius 3 is 2.22 bits per heavy atom. The average Bonchev–Trinajstić information content (AvgIpc) is 3.58. The van der Waals surface area contributed by atoms with Crippen LogP contribution < -0.4 is 24.3 Å². The number of hydrogen-bond acceptors (Lipinski definition) is 10. The molecule has 2 amide bonds. The highest BCUT2D eigenvalue weighted by atomic mass is 16.7. The first-order chi connectivity index (χ1) is 17.8. The molecule has 11 heteroatoms. The molecule has 4 atom stereocenters. The number of carbonyl (C=O) groups excluding carboxylic acids is 3. The van der Waals surface area contributed by atoms with Crippen molar-refractivity contribution in [3.05, 3.63) is 52.7 Å². The number of phenolic OH excluding ortho intramolecular Hbond substituents is 1. The zero-order chi connectivity index (χ0) is 26.0. The highest BCUT2D eigenvalue weighted by Crippen LogP contribution is 2.55. The molecule has 0 aromatic heterocycles. The van der Waals surface area contributed by atoms with Crippen LogP contribution in [-0.4, -0.2) is 62.5 Å². The molecule has 6 rings (SSSR count). The standard InChI is InChI=1S/C26H24N2O9/c1-28-20(29)8-15(25(28)31)27-23-13-7-17-16(36-10-37-17)6-12(13)21(22-14(23)9-35-26(22)32)11-4-18(33-2)24(30)19(5-11)34-3/h4-8,14,21-23,27,30H,9-10H2,1-3H3/t14-,21+,22-,23+/m0/s1. The van der Waals surface area contributed by atoms with Crippen molar-refractivity contribution in [2.24, 2.45) is 11.8 Å². The molecule has 1 fully saturated rings. The Kier molecular flexibility index (Phi) is 5.18. The second-order valence-electron chi connectivity index (χ2n) is 9.29. The SMILES string of the molecule is COc1cc([C@@H]2c3cc4c(cc3[C@@H](NC3=CC(=O)N(C)C3=O)[C@H]3COC(=O)[C@H]23)OCO4)cc(OC)c1O. The fraction of sp³-hybridized carbons (Fsp3) is 0.346. The van der Waals surface area contributed by atoms with E-state index in [4.69, 9.17) is 23.7 Å². The van der Waals surface area contributed by atoms with E-state index in [0.717, 1.165) is 16.0 Å². The van der Waals surface area contributed by atoms with E-state index in [-0.39, 0.29) is 42.3 Å². The third-order valence-electron chi connectivity index (χ3n) is 7.49. The van der Waals surface area contributed by atoms with E-state index >= 15 is 0 Å². The van der Waals surface area contributed by atoms with Gasteiger partial charge in [-0.2, -0.15) is 0 Å². The molecule has 2 aromatic carbocycles. The molecule has 4 aliphatic rings. The lowest BCUT2D eigenvalue weighted by molar-refractivity contribution is -0.141. The van der Waals surface area contributed by atoms with Gasteiger partial charge in [-0.3, -0.25) is 19.3 Å². The molecule has 192 valence electrons. The van der Waals surface area contributed by atoms with Crippen LogP contribution in [0.1, 0.15) is 28.7 Å². The van der Waals surface area contributed by atoms with Gasteiger partial charge in [-0.15, -0.1) is 0 Å². The third-order valence-corrected chi connectivity index (χ3v) is 7.49. The molecule has 0 unspecified atom stereocenters. The Hall–Kier alpha value is -4.41. The number of rotatable bonds is 5. The molecule has 0 bridgehead atoms. The van der Waals surface area contributed by atoms with Gasteiger partial charge in [0.2, 0.25) is 12.5 Å². The summed E-state index contributed by atoms with van der Waals surface area (Å²) < 4.78 is 27.6. The largest absolute Gasteiger partial charge is 0.502 e. The highest BCUT2D eigenvalue weighted by molar-refractivity contribution is 6.15. The van der Waals surface area contributed by atoms with Crippen molar-refractivity contribution in [3.63, 3.8) is 0 Å². The van der Waals surface area contributed by atoms with Crippen LogP contribution in [0.5, 0.6) is 28.7 Å². The van der Waals surface area contributed by atoms with Crippen LogP contribution in [0.3, 0.4) is 0 Å². The second-order valence-corrected chi connectivity index (χ2v) is 9.29. The van der Waals surface area contributed by atoms with Crippen LogP contribution in [-0.2, 0) is 19.1 Å². The predicted octanol–water partition coefficient (Wildman–Crippen LogP) is 1.59. The number of likely N-dealkylation sites (N-methyl/N-ethyl adjacent to an activating group) is 1. The molecule has 3 aliphatic heterocycles. The number of hydrogen-bond donors (Lipinski definition) is 2. The number of phenols is 1. The van der Waals surface area contributed by atoms with E-state index in [9.17, 15) is 19.5 Å². The minimum absolute atomic E-state index is 0.0552. The number of nitrogens with one attached hydrogen (secondary N) is 1. The fourth-order valence-electron chi connectivity index (χ4n) is 5.67. The van der Waals surface area contributed by atoms with Crippen molar-refractivity contribution >= 4 is 17.8 Å². The summed E-state index contributed by atoms with van der Waals surface area (Å²) in [7, 11) is 4.28. The lowest BCUT2D eigenvalue weighted by atomic mass is 9.65. The summed E-state index contributed by atoms with van der Waals surface area (Å²) >= 11 is 0. The summed E-state index contributed by atoms with van der Waals surface area (Å²) in [6, 6.07) is 6.47. The van der Waals surface area contributed by atoms with Crippen LogP contribution >= 0.6 is 0 Å². The number of esters is 1. The van der Waals surface area contributed by atoms with Crippen LogP contribution in [0.15, 0.2) is 36.0 Å². The van der Waals surface area contributed by atoms with Gasteiger partial charge in [0.15, 0.2) is 23.0 Å². The van der Waals surface area contributed by atoms with Gasteiger partial charge in [0.1, 0.15) is 5.70 Å². The fourth-order valence-corrected chi connectivity index (χ4v) is 5.67. The summed E-state index contributed by atoms with van der Waals surface area (Å²) in [6.07, 6.45) is 1.25. The highest BCUT2D eigenvalue weighted by Gasteiger charge is 2.53. The van der Waals surface area contributed by atoms with Gasteiger partial charge in [0.05, 0.1) is 32.8 Å². The number of methoxy groups -OCH3 is 2. The Labute approximate surface area is 211 Å². The number of cyclic esters (lactones) is 1. The van der Waals surface area contributed by atoms with Crippen molar-refractivity contribution in [3.8, 4) is 28.7 Å². The molecular formula is C26H24N2O9. The molecule has 2 N–H and O–H groups in total. The van der Waals surface area contributed by atoms with Gasteiger partial charge in [-0.25, -0.2) is 0 Å². The average molecular weight is 508 g/mol. The summed E-state index contributed by atoms with van der Waals surface area (Å²) in [5.41, 5.74) is 2.34. The van der Waals surface area contributed by atoms with Gasteiger partial charge in [-0.1, -0.05) is 0 Å². The number of ether oxygens (including phenoxy) is 5. The van der Waals surface area contributed by atoms with E-state index in [0.29, 0.717) is 17.1 Å². The molecule has 0 spiro atoms. The maximum absolute atomic E-state index is 13.2. The number of imide groups is 1. The van der Waals surface area contributed by atoms with Gasteiger partial charge in [-0.05, 0) is 41.0 Å². The predicted molar refractivity (Wildman–Crippen MR) is 125 cm³/mol. The Bertz CT molecular complexity index is 1360. The maximum Gasteiger partial charge on any atom is 0.310 e. The van der Waals surface area contributed by atoms with Gasteiger partial charge < -0.3 is 34.1 Å². The monoisotopic (exact) mass is 508 g/mol. The molecule has 0 radical (unpaired) electrons. The molecule has 0 saturated carbocycles. The Balaban J connectivity index is 1.54. The lowest BCUT2D eigenvalue weighted by Gasteiger charge is -2.40. The van der Waals surface area contributed by atoms with Crippen LogP contribution in [0.25, 0.3) is 0 Å². The molecule has 1 saturated heterocycles. The van der Waals surface area contributed by atoms with E-state index < -0.39 is 35.7 Å². The van der Waals surface area contributed by atoms with E-state index in [1.165, 1.54) is 27.3 Å². The molecule has 1 aliphatic carbocycles. The van der Waals surface area contributed by atoms with Crippen LogP contribution in [0, 0.1) is 11.8 Å². The zero-order valence-corrected chi connectivity index (χ0v) is 20.3. The first-order valence-corrected chi connectivity index (χ1v) is 11.7. The lowest BCUT2D eigenvalue weighted by Crippen LogP contribution is -2.42. The zero-order valence-electron chi connectivity index (χ0n) is 20.3. The smallest absolute Gasteiger partial charge is 0.310 e. The first-order valence-electron chi connectivity index (χ1n) is 11.7. The van der Waals surface area contributed by atoms with Crippen LogP contribution in [0.4, 0.5) is 0 Å². The van der Waals surface area contributed by atoms with Gasteiger partial charge in [0.25, 0.3) is 11.8 Å². The van der Waals surface area contributed by atoms with E-state index in [1.54, 1.807) is 12.1 Å². The molecule has 3 heterocycles. The van der Waals surface area contributed by atoms with Crippen molar-refractivity contribution in [1.29, 1.82) is 0 Å². The number of fused-ring (bicyclic) bond motifs is 3. The summed E-state index contributed by atoms with van der Waals surface area (Å²) in [5, 5.41) is 13.7. The minimum atomic E-state index is -0.644. The summed E-state index contributed by atoms with van der Waals surface area (Å²) in [5.74, 6) is -1.51. The molecule has 11 nitrogen and oxygen atoms in total. The van der Waals surface area contributed by atoms with Crippen molar-refractivity contribution in [1.82, 2.24) is 10.2 Å². The molecule has 2 aromatic rings. The van der Waals surface area contributed by atoms with E-state index in [2.05, 4.69) is 5.32 Å². The van der Waals surface area contributed by atoms with Gasteiger partial charge in [0, 0.05) is 25.0 Å². The normalized spacial score (nSPS) is 25.4. The number of aromatic hydroxyl groups is 1. The van der Waals surface area contributed by atoms with Crippen molar-refractivity contribution < 1.29 is 43.2 Å². The van der Waals surface area contributed by atoms with Crippen molar-refractivity contribution in [2.45, 2.75) is 12.0 Å². The Morgan fingerprint density at radius 2 is 1.62 bits per heavy atom. The molecular weight excluding hydrogens is 484 g/mol. The Morgan fingerprint density at radius 1 is 0.973 bits per heavy atom. The number of carbonyl (C=O) groups is 3. The quantitative estimate of drug-likeness (QED) is 0.453. The van der Waals surface area contributed by atoms with Crippen LogP contribution in [0.2, 0.25) is 0 Å². The van der Waals surface area contributed by atoms with Gasteiger partial charge >= 0.3 is 5.97 Å². The summed E-state index contributed by atoms with van der Waals surface area (Å²) in [4.78, 5) is 39.0. The minimum Gasteiger partial charge on any atom is -0.502 e. The number of benzene rings is 2. The van der Waals surface area contributed by atoms with E-state index in [1.807, 2.05) is 12.1 Å². The third kappa shape index (κ3) is 3.37. The number of amides is 2. The second kappa shape index (κ2) is 8.32. The summed E-state index contributed by atoms with van der Waals surface area (Å²) in [6.45, 7) is 0.169.